The molecule has 0 bridgehead atoms. The lowest BCUT2D eigenvalue weighted by atomic mass is 10.1. The zero-order valence-electron chi connectivity index (χ0n) is 27.4. The Kier molecular flexibility index (Phi) is 12.3. The summed E-state index contributed by atoms with van der Waals surface area (Å²) in [7, 11) is 0.155. The van der Waals surface area contributed by atoms with Gasteiger partial charge in [-0.15, -0.1) is 0 Å². The molecule has 10 nitrogen and oxygen atoms in total. The average Bonchev–Trinajstić information content (AvgIpc) is 3.02. The minimum absolute atomic E-state index is 0.0737. The van der Waals surface area contributed by atoms with E-state index in [1.165, 1.54) is 37.3 Å². The van der Waals surface area contributed by atoms with Crippen LogP contribution in [0.25, 0.3) is 0 Å². The van der Waals surface area contributed by atoms with Crippen molar-refractivity contribution < 1.29 is 32.2 Å². The Bertz CT molecular complexity index is 1550. The van der Waals surface area contributed by atoms with Crippen molar-refractivity contribution in [2.24, 2.45) is 0 Å². The molecule has 0 spiro atoms. The number of hydrogen-bond acceptors (Lipinski definition) is 7. The number of hydrogen-bond donors (Lipinski definition) is 1. The van der Waals surface area contributed by atoms with Gasteiger partial charge in [-0.2, -0.15) is 0 Å². The number of aryl methyl sites for hydroxylation is 2. The molecule has 0 radical (unpaired) electrons. The average molecular weight is 640 g/mol. The van der Waals surface area contributed by atoms with Crippen molar-refractivity contribution in [1.29, 1.82) is 0 Å². The molecule has 2 atom stereocenters. The summed E-state index contributed by atoms with van der Waals surface area (Å²) in [6.07, 6.45) is 1.05. The minimum Gasteiger partial charge on any atom is -0.497 e. The molecule has 3 rings (SSSR count). The first kappa shape index (κ1) is 35.2. The van der Waals surface area contributed by atoms with Crippen LogP contribution in [0.4, 0.5) is 5.69 Å². The van der Waals surface area contributed by atoms with Gasteiger partial charge in [0.1, 0.15) is 18.3 Å². The van der Waals surface area contributed by atoms with Gasteiger partial charge in [-0.1, -0.05) is 32.0 Å². The molecule has 3 aromatic rings. The van der Waals surface area contributed by atoms with Gasteiger partial charge >= 0.3 is 0 Å². The van der Waals surface area contributed by atoms with Crippen molar-refractivity contribution >= 4 is 27.5 Å². The Hall–Kier alpha value is -4.25. The van der Waals surface area contributed by atoms with Crippen LogP contribution in [0, 0.1) is 13.8 Å². The van der Waals surface area contributed by atoms with Crippen LogP contribution >= 0.6 is 0 Å². The molecule has 45 heavy (non-hydrogen) atoms. The summed E-state index contributed by atoms with van der Waals surface area (Å²) in [5, 5.41) is 2.99. The van der Waals surface area contributed by atoms with Gasteiger partial charge < -0.3 is 24.4 Å². The molecule has 0 aliphatic rings. The van der Waals surface area contributed by atoms with E-state index in [1.807, 2.05) is 52.8 Å². The Balaban J connectivity index is 2.13. The van der Waals surface area contributed by atoms with Gasteiger partial charge in [0.15, 0.2) is 11.5 Å². The lowest BCUT2D eigenvalue weighted by Crippen LogP contribution is -2.53. The lowest BCUT2D eigenvalue weighted by Gasteiger charge is -2.34. The van der Waals surface area contributed by atoms with E-state index in [4.69, 9.17) is 14.2 Å². The fourth-order valence-corrected chi connectivity index (χ4v) is 6.43. The molecule has 0 aromatic heterocycles. The quantitative estimate of drug-likeness (QED) is 0.242. The molecular weight excluding hydrogens is 594 g/mol. The summed E-state index contributed by atoms with van der Waals surface area (Å²) in [6, 6.07) is 15.9. The Morgan fingerprint density at radius 3 is 1.98 bits per heavy atom. The van der Waals surface area contributed by atoms with E-state index in [-0.39, 0.29) is 29.1 Å². The Morgan fingerprint density at radius 1 is 0.822 bits per heavy atom. The molecule has 1 N–H and O–H groups in total. The highest BCUT2D eigenvalue weighted by molar-refractivity contribution is 7.92. The van der Waals surface area contributed by atoms with Crippen molar-refractivity contribution in [1.82, 2.24) is 10.2 Å². The molecule has 2 amide bonds. The first-order valence-corrected chi connectivity index (χ1v) is 16.4. The number of nitrogens with one attached hydrogen (secondary N) is 1. The van der Waals surface area contributed by atoms with Crippen LogP contribution in [0.2, 0.25) is 0 Å². The third-order valence-corrected chi connectivity index (χ3v) is 9.39. The smallest absolute Gasteiger partial charge is 0.264 e. The Morgan fingerprint density at radius 2 is 1.44 bits per heavy atom. The summed E-state index contributed by atoms with van der Waals surface area (Å²) in [5.41, 5.74) is 2.76. The summed E-state index contributed by atoms with van der Waals surface area (Å²) >= 11 is 0. The fraction of sp³-hybridized carbons (Fsp3) is 0.412. The molecule has 0 saturated carbocycles. The van der Waals surface area contributed by atoms with E-state index >= 15 is 0 Å². The van der Waals surface area contributed by atoms with Crippen molar-refractivity contribution in [2.75, 3.05) is 32.2 Å². The van der Waals surface area contributed by atoms with Crippen LogP contribution < -0.4 is 23.8 Å². The second-order valence-corrected chi connectivity index (χ2v) is 12.8. The Labute approximate surface area is 267 Å². The predicted molar refractivity (Wildman–Crippen MR) is 176 cm³/mol. The van der Waals surface area contributed by atoms with E-state index in [9.17, 15) is 18.0 Å². The maximum atomic E-state index is 14.4. The van der Waals surface area contributed by atoms with E-state index in [0.717, 1.165) is 27.4 Å². The molecule has 0 aliphatic heterocycles. The van der Waals surface area contributed by atoms with Gasteiger partial charge in [-0.3, -0.25) is 13.9 Å². The number of carbonyl (C=O) groups is 2. The third kappa shape index (κ3) is 8.69. The number of anilines is 1. The summed E-state index contributed by atoms with van der Waals surface area (Å²) < 4.78 is 45.7. The van der Waals surface area contributed by atoms with Crippen LogP contribution in [0.1, 0.15) is 50.3 Å². The van der Waals surface area contributed by atoms with Gasteiger partial charge in [-0.25, -0.2) is 8.42 Å². The van der Waals surface area contributed by atoms with Gasteiger partial charge in [-0.05, 0) is 86.7 Å². The van der Waals surface area contributed by atoms with Crippen molar-refractivity contribution in [3.8, 4) is 17.2 Å². The third-order valence-electron chi connectivity index (χ3n) is 7.62. The van der Waals surface area contributed by atoms with E-state index in [1.54, 1.807) is 31.4 Å². The van der Waals surface area contributed by atoms with Crippen molar-refractivity contribution in [2.45, 2.75) is 71.0 Å². The molecule has 244 valence electrons. The predicted octanol–water partition coefficient (Wildman–Crippen LogP) is 5.25. The molecule has 0 fully saturated rings. The lowest BCUT2D eigenvalue weighted by molar-refractivity contribution is -0.140. The largest absolute Gasteiger partial charge is 0.497 e. The topological polar surface area (TPSA) is 114 Å². The zero-order chi connectivity index (χ0) is 33.3. The number of benzene rings is 3. The molecule has 0 heterocycles. The van der Waals surface area contributed by atoms with Gasteiger partial charge in [0.25, 0.3) is 10.0 Å². The zero-order valence-corrected chi connectivity index (χ0v) is 28.2. The number of nitrogens with zero attached hydrogens (tertiary/aromatic N) is 2. The highest BCUT2D eigenvalue weighted by Gasteiger charge is 2.34. The van der Waals surface area contributed by atoms with Crippen LogP contribution in [0.15, 0.2) is 65.6 Å². The second-order valence-electron chi connectivity index (χ2n) is 11.0. The normalized spacial score (nSPS) is 12.5. The first-order valence-electron chi connectivity index (χ1n) is 14.9. The standard InChI is InChI=1S/C34H45N3O7S/c1-9-25(5)35-34(39)30(10-2)36(21-26-11-13-28(42-6)14-12-26)33(38)22-37(27-18-23(3)17-24(4)19-27)45(40,41)29-15-16-31(43-7)32(20-29)44-8/h11-20,25,30H,9-10,21-22H2,1-8H3,(H,35,39)/t25-,30+/m0/s1. The minimum atomic E-state index is -4.30. The summed E-state index contributed by atoms with van der Waals surface area (Å²) in [5.74, 6) is 0.434. The monoisotopic (exact) mass is 639 g/mol. The van der Waals surface area contributed by atoms with Crippen LogP contribution in [0.5, 0.6) is 17.2 Å². The second kappa shape index (κ2) is 15.7. The van der Waals surface area contributed by atoms with Crippen LogP contribution in [0.3, 0.4) is 0 Å². The van der Waals surface area contributed by atoms with Crippen molar-refractivity contribution in [3.05, 3.63) is 77.4 Å². The molecule has 3 aromatic carbocycles. The number of rotatable bonds is 15. The highest BCUT2D eigenvalue weighted by atomic mass is 32.2. The molecule has 11 heteroatoms. The van der Waals surface area contributed by atoms with Gasteiger partial charge in [0.2, 0.25) is 11.8 Å². The van der Waals surface area contributed by atoms with E-state index in [0.29, 0.717) is 23.6 Å². The number of carbonyl (C=O) groups excluding carboxylic acids is 2. The highest BCUT2D eigenvalue weighted by Crippen LogP contribution is 2.33. The van der Waals surface area contributed by atoms with Gasteiger partial charge in [0, 0.05) is 18.7 Å². The summed E-state index contributed by atoms with van der Waals surface area (Å²) in [4.78, 5) is 29.2. The maximum absolute atomic E-state index is 14.4. The molecule has 0 aliphatic carbocycles. The van der Waals surface area contributed by atoms with Gasteiger partial charge in [0.05, 0.1) is 31.9 Å². The molecule has 0 saturated heterocycles. The fourth-order valence-electron chi connectivity index (χ4n) is 5.02. The number of methoxy groups -OCH3 is 3. The number of sulfonamides is 1. The number of ether oxygens (including phenoxy) is 3. The molecular formula is C34H45N3O7S. The van der Waals surface area contributed by atoms with E-state index in [2.05, 4.69) is 5.32 Å². The van der Waals surface area contributed by atoms with E-state index < -0.39 is 28.5 Å². The van der Waals surface area contributed by atoms with Crippen molar-refractivity contribution in [3.63, 3.8) is 0 Å². The van der Waals surface area contributed by atoms with Crippen LogP contribution in [-0.4, -0.2) is 65.1 Å². The number of amides is 2. The maximum Gasteiger partial charge on any atom is 0.264 e. The molecule has 0 unspecified atom stereocenters. The summed E-state index contributed by atoms with van der Waals surface area (Å²) in [6.45, 7) is 8.97. The first-order chi connectivity index (χ1) is 21.4. The SMILES string of the molecule is CC[C@H](C(=O)N[C@@H](C)CC)N(Cc1ccc(OC)cc1)C(=O)CN(c1cc(C)cc(C)c1)S(=O)(=O)c1ccc(OC)c(OC)c1. The van der Waals surface area contributed by atoms with Crippen LogP contribution in [-0.2, 0) is 26.2 Å².